The van der Waals surface area contributed by atoms with Crippen LogP contribution in [0.5, 0.6) is 0 Å². The van der Waals surface area contributed by atoms with Gasteiger partial charge in [-0.25, -0.2) is 13.5 Å². The van der Waals surface area contributed by atoms with Crippen molar-refractivity contribution < 1.29 is 8.42 Å². The molecule has 0 saturated heterocycles. The Hall–Kier alpha value is -2.18. The summed E-state index contributed by atoms with van der Waals surface area (Å²) in [6.45, 7) is 0. The molecule has 1 aromatic carbocycles. The van der Waals surface area contributed by atoms with Gasteiger partial charge < -0.3 is 9.82 Å². The molecule has 1 heterocycles. The number of rotatable bonds is 4. The summed E-state index contributed by atoms with van der Waals surface area (Å²) in [6, 6.07) is 9.74. The molecule has 1 unspecified atom stereocenters. The minimum absolute atomic E-state index is 0.00304. The van der Waals surface area contributed by atoms with Crippen molar-refractivity contribution in [2.24, 2.45) is 0 Å². The van der Waals surface area contributed by atoms with E-state index in [1.807, 2.05) is 36.4 Å². The van der Waals surface area contributed by atoms with Crippen molar-refractivity contribution in [2.45, 2.75) is 17.2 Å². The SMILES string of the molecule is O=S(=O)([N-]c1ccc(Cl)nn1)c1ccccc1C1C=CC=CC1. The Morgan fingerprint density at radius 1 is 1.09 bits per heavy atom. The van der Waals surface area contributed by atoms with Gasteiger partial charge in [0, 0.05) is 5.92 Å². The summed E-state index contributed by atoms with van der Waals surface area (Å²) in [5.74, 6) is 0.0146. The minimum atomic E-state index is -3.88. The molecule has 0 saturated carbocycles. The van der Waals surface area contributed by atoms with Crippen LogP contribution in [0, 0.1) is 0 Å². The highest BCUT2D eigenvalue weighted by Gasteiger charge is 2.19. The molecule has 1 aliphatic rings. The van der Waals surface area contributed by atoms with Gasteiger partial charge in [0.15, 0.2) is 0 Å². The Morgan fingerprint density at radius 2 is 1.91 bits per heavy atom. The first kappa shape index (κ1) is 15.7. The van der Waals surface area contributed by atoms with E-state index in [4.69, 9.17) is 11.6 Å². The van der Waals surface area contributed by atoms with Gasteiger partial charge in [0.2, 0.25) is 10.0 Å². The monoisotopic (exact) mass is 346 g/mol. The molecule has 0 N–H and O–H groups in total. The van der Waals surface area contributed by atoms with E-state index >= 15 is 0 Å². The molecule has 1 atom stereocenters. The van der Waals surface area contributed by atoms with Gasteiger partial charge in [-0.15, -0.1) is 0 Å². The van der Waals surface area contributed by atoms with Crippen molar-refractivity contribution in [3.8, 4) is 0 Å². The Labute approximate surface area is 139 Å². The quantitative estimate of drug-likeness (QED) is 0.834. The lowest BCUT2D eigenvalue weighted by molar-refractivity contribution is 0.601. The molecule has 2 aromatic rings. The molecular formula is C16H13ClN3O2S-. The van der Waals surface area contributed by atoms with E-state index in [1.54, 1.807) is 12.1 Å². The van der Waals surface area contributed by atoms with Crippen molar-refractivity contribution in [3.05, 3.63) is 76.1 Å². The van der Waals surface area contributed by atoms with E-state index in [1.165, 1.54) is 12.1 Å². The molecule has 1 aliphatic carbocycles. The van der Waals surface area contributed by atoms with Crippen LogP contribution in [0.25, 0.3) is 4.72 Å². The number of hydrogen-bond donors (Lipinski definition) is 0. The van der Waals surface area contributed by atoms with Crippen LogP contribution in [0.1, 0.15) is 17.9 Å². The maximum atomic E-state index is 12.6. The third-order valence-corrected chi connectivity index (χ3v) is 4.97. The fraction of sp³-hybridized carbons (Fsp3) is 0.125. The standard InChI is InChI=1S/C16H13ClN3O2S/c17-15-10-11-16(19-18-15)20-23(21,22)14-9-5-4-8-13(14)12-6-2-1-3-7-12/h1-6,8-12H,7H2/q-1. The first-order valence-corrected chi connectivity index (χ1v) is 8.77. The lowest BCUT2D eigenvalue weighted by atomic mass is 9.93. The van der Waals surface area contributed by atoms with Crippen LogP contribution in [0.2, 0.25) is 5.15 Å². The van der Waals surface area contributed by atoms with Crippen LogP contribution < -0.4 is 0 Å². The number of allylic oxidation sites excluding steroid dienone is 4. The number of halogens is 1. The number of nitrogens with zero attached hydrogens (tertiary/aromatic N) is 3. The van der Waals surface area contributed by atoms with Crippen molar-refractivity contribution in [1.82, 2.24) is 10.2 Å². The zero-order valence-corrected chi connectivity index (χ0v) is 13.6. The first-order chi connectivity index (χ1) is 11.1. The summed E-state index contributed by atoms with van der Waals surface area (Å²) < 4.78 is 29.0. The lowest BCUT2D eigenvalue weighted by Crippen LogP contribution is -2.07. The molecular weight excluding hydrogens is 334 g/mol. The molecule has 118 valence electrons. The Kier molecular flexibility index (Phi) is 4.45. The highest BCUT2D eigenvalue weighted by Crippen LogP contribution is 2.34. The molecule has 0 bridgehead atoms. The fourth-order valence-electron chi connectivity index (χ4n) is 2.36. The first-order valence-electron chi connectivity index (χ1n) is 6.96. The predicted molar refractivity (Wildman–Crippen MR) is 89.3 cm³/mol. The lowest BCUT2D eigenvalue weighted by Gasteiger charge is -2.21. The maximum Gasteiger partial charge on any atom is 0.202 e. The number of benzene rings is 1. The normalized spacial score (nSPS) is 17.2. The molecule has 0 fully saturated rings. The summed E-state index contributed by atoms with van der Waals surface area (Å²) >= 11 is 5.65. The highest BCUT2D eigenvalue weighted by atomic mass is 35.5. The molecule has 5 nitrogen and oxygen atoms in total. The van der Waals surface area contributed by atoms with E-state index in [9.17, 15) is 8.42 Å². The van der Waals surface area contributed by atoms with Crippen molar-refractivity contribution in [1.29, 1.82) is 0 Å². The second kappa shape index (κ2) is 6.52. The summed E-state index contributed by atoms with van der Waals surface area (Å²) in [5, 5.41) is 7.47. The van der Waals surface area contributed by atoms with Crippen LogP contribution >= 0.6 is 11.6 Å². The predicted octanol–water partition coefficient (Wildman–Crippen LogP) is 4.12. The second-order valence-electron chi connectivity index (χ2n) is 4.97. The van der Waals surface area contributed by atoms with E-state index in [2.05, 4.69) is 14.9 Å². The highest BCUT2D eigenvalue weighted by molar-refractivity contribution is 7.94. The average Bonchev–Trinajstić information content (AvgIpc) is 2.58. The Balaban J connectivity index is 1.95. The zero-order chi connectivity index (χ0) is 16.3. The van der Waals surface area contributed by atoms with Crippen molar-refractivity contribution in [2.75, 3.05) is 0 Å². The summed E-state index contributed by atoms with van der Waals surface area (Å²) in [6.07, 6.45) is 8.61. The molecule has 0 amide bonds. The molecule has 7 heteroatoms. The second-order valence-corrected chi connectivity index (χ2v) is 6.93. The molecule has 1 aromatic heterocycles. The van der Waals surface area contributed by atoms with Gasteiger partial charge in [-0.2, -0.15) is 0 Å². The van der Waals surface area contributed by atoms with Gasteiger partial charge in [-0.05, 0) is 29.9 Å². The van der Waals surface area contributed by atoms with Gasteiger partial charge in [0.25, 0.3) is 0 Å². The van der Waals surface area contributed by atoms with Crippen LogP contribution in [-0.4, -0.2) is 18.6 Å². The zero-order valence-electron chi connectivity index (χ0n) is 12.0. The number of sulfonamides is 1. The summed E-state index contributed by atoms with van der Waals surface area (Å²) in [5.41, 5.74) is 0.721. The van der Waals surface area contributed by atoms with Crippen molar-refractivity contribution >= 4 is 27.4 Å². The Morgan fingerprint density at radius 3 is 2.61 bits per heavy atom. The molecule has 0 radical (unpaired) electrons. The number of hydrogen-bond acceptors (Lipinski definition) is 4. The van der Waals surface area contributed by atoms with Gasteiger partial charge in [0.1, 0.15) is 5.15 Å². The molecule has 23 heavy (non-hydrogen) atoms. The third-order valence-electron chi connectivity index (χ3n) is 3.41. The summed E-state index contributed by atoms with van der Waals surface area (Å²) in [4.78, 5) is 0.182. The Bertz CT molecular complexity index is 861. The average molecular weight is 347 g/mol. The van der Waals surface area contributed by atoms with E-state index < -0.39 is 10.0 Å². The van der Waals surface area contributed by atoms with Crippen LogP contribution in [0.4, 0.5) is 5.82 Å². The topological polar surface area (TPSA) is 74.0 Å². The minimum Gasteiger partial charge on any atom is -0.352 e. The van der Waals surface area contributed by atoms with E-state index in [-0.39, 0.29) is 21.8 Å². The largest absolute Gasteiger partial charge is 0.352 e. The molecule has 0 spiro atoms. The van der Waals surface area contributed by atoms with Crippen molar-refractivity contribution in [3.63, 3.8) is 0 Å². The summed E-state index contributed by atoms with van der Waals surface area (Å²) in [7, 11) is -3.88. The van der Waals surface area contributed by atoms with Gasteiger partial charge in [-0.3, -0.25) is 0 Å². The van der Waals surface area contributed by atoms with Crippen LogP contribution in [-0.2, 0) is 10.0 Å². The van der Waals surface area contributed by atoms with Crippen LogP contribution in [0.15, 0.2) is 65.6 Å². The van der Waals surface area contributed by atoms with E-state index in [0.29, 0.717) is 0 Å². The van der Waals surface area contributed by atoms with Gasteiger partial charge >= 0.3 is 0 Å². The van der Waals surface area contributed by atoms with Gasteiger partial charge in [-0.1, -0.05) is 60.2 Å². The van der Waals surface area contributed by atoms with Crippen LogP contribution in [0.3, 0.4) is 0 Å². The number of aromatic nitrogens is 2. The maximum absolute atomic E-state index is 12.6. The smallest absolute Gasteiger partial charge is 0.202 e. The fourth-order valence-corrected chi connectivity index (χ4v) is 3.67. The molecule has 0 aliphatic heterocycles. The van der Waals surface area contributed by atoms with E-state index in [0.717, 1.165) is 12.0 Å². The molecule has 3 rings (SSSR count). The van der Waals surface area contributed by atoms with Gasteiger partial charge in [0.05, 0.1) is 4.90 Å². The third kappa shape index (κ3) is 3.60.